The standard InChI is InChI=1S/C15H21NO/c1-16-11-15(17)14-10-6-5-9-13(14)12-7-3-2-4-8-12/h5-6,9-10,12,16H,2-4,7-8,11H2,1H3. The molecule has 1 aromatic rings. The van der Waals surface area contributed by atoms with E-state index in [9.17, 15) is 4.79 Å². The van der Waals surface area contributed by atoms with Gasteiger partial charge in [0, 0.05) is 5.56 Å². The zero-order valence-corrected chi connectivity index (χ0v) is 10.5. The molecule has 17 heavy (non-hydrogen) atoms. The largest absolute Gasteiger partial charge is 0.313 e. The fourth-order valence-electron chi connectivity index (χ4n) is 2.78. The Morgan fingerprint density at radius 3 is 2.65 bits per heavy atom. The molecule has 1 saturated carbocycles. The second kappa shape index (κ2) is 5.97. The molecule has 1 fully saturated rings. The van der Waals surface area contributed by atoms with Crippen LogP contribution in [-0.4, -0.2) is 19.4 Å². The minimum atomic E-state index is 0.216. The van der Waals surface area contributed by atoms with Crippen LogP contribution in [0.15, 0.2) is 24.3 Å². The van der Waals surface area contributed by atoms with Crippen molar-refractivity contribution >= 4 is 5.78 Å². The van der Waals surface area contributed by atoms with E-state index in [1.54, 1.807) is 0 Å². The summed E-state index contributed by atoms with van der Waals surface area (Å²) in [7, 11) is 1.82. The normalized spacial score (nSPS) is 17.0. The molecule has 0 bridgehead atoms. The van der Waals surface area contributed by atoms with Gasteiger partial charge in [-0.15, -0.1) is 0 Å². The average molecular weight is 231 g/mol. The maximum absolute atomic E-state index is 12.0. The van der Waals surface area contributed by atoms with E-state index in [-0.39, 0.29) is 5.78 Å². The number of benzene rings is 1. The van der Waals surface area contributed by atoms with Gasteiger partial charge in [-0.1, -0.05) is 43.5 Å². The molecule has 0 amide bonds. The molecule has 92 valence electrons. The quantitative estimate of drug-likeness (QED) is 0.807. The maximum atomic E-state index is 12.0. The van der Waals surface area contributed by atoms with Gasteiger partial charge in [-0.2, -0.15) is 0 Å². The molecule has 0 radical (unpaired) electrons. The Morgan fingerprint density at radius 1 is 1.24 bits per heavy atom. The fourth-order valence-corrected chi connectivity index (χ4v) is 2.78. The summed E-state index contributed by atoms with van der Waals surface area (Å²) in [5, 5.41) is 2.95. The Labute approximate surface area is 103 Å². The molecular weight excluding hydrogens is 210 g/mol. The second-order valence-electron chi connectivity index (χ2n) is 4.88. The van der Waals surface area contributed by atoms with Crippen LogP contribution in [0.4, 0.5) is 0 Å². The van der Waals surface area contributed by atoms with E-state index in [1.807, 2.05) is 19.2 Å². The van der Waals surface area contributed by atoms with Crippen molar-refractivity contribution in [3.63, 3.8) is 0 Å². The zero-order valence-electron chi connectivity index (χ0n) is 10.5. The highest BCUT2D eigenvalue weighted by Crippen LogP contribution is 2.34. The molecule has 1 aliphatic carbocycles. The Balaban J connectivity index is 2.23. The van der Waals surface area contributed by atoms with Crippen LogP contribution >= 0.6 is 0 Å². The van der Waals surface area contributed by atoms with Crippen LogP contribution in [0.5, 0.6) is 0 Å². The lowest BCUT2D eigenvalue weighted by atomic mass is 9.81. The first-order valence-electron chi connectivity index (χ1n) is 6.59. The maximum Gasteiger partial charge on any atom is 0.176 e. The molecule has 2 rings (SSSR count). The van der Waals surface area contributed by atoms with E-state index in [2.05, 4.69) is 17.4 Å². The number of carbonyl (C=O) groups is 1. The topological polar surface area (TPSA) is 29.1 Å². The van der Waals surface area contributed by atoms with Crippen molar-refractivity contribution in [3.8, 4) is 0 Å². The average Bonchev–Trinajstić information content (AvgIpc) is 2.40. The van der Waals surface area contributed by atoms with E-state index in [1.165, 1.54) is 37.7 Å². The van der Waals surface area contributed by atoms with Crippen LogP contribution < -0.4 is 5.32 Å². The lowest BCUT2D eigenvalue weighted by Crippen LogP contribution is -2.21. The van der Waals surface area contributed by atoms with Crippen molar-refractivity contribution < 1.29 is 4.79 Å². The van der Waals surface area contributed by atoms with Crippen molar-refractivity contribution in [2.45, 2.75) is 38.0 Å². The third-order valence-electron chi connectivity index (χ3n) is 3.64. The van der Waals surface area contributed by atoms with Crippen LogP contribution in [0.3, 0.4) is 0 Å². The first-order chi connectivity index (χ1) is 8.33. The van der Waals surface area contributed by atoms with Crippen molar-refractivity contribution in [1.82, 2.24) is 5.32 Å². The van der Waals surface area contributed by atoms with Gasteiger partial charge in [0.05, 0.1) is 6.54 Å². The summed E-state index contributed by atoms with van der Waals surface area (Å²) in [6, 6.07) is 8.14. The molecular formula is C15H21NO. The number of hydrogen-bond donors (Lipinski definition) is 1. The predicted molar refractivity (Wildman–Crippen MR) is 70.5 cm³/mol. The van der Waals surface area contributed by atoms with Crippen molar-refractivity contribution in [2.75, 3.05) is 13.6 Å². The molecule has 0 heterocycles. The zero-order chi connectivity index (χ0) is 12.1. The third-order valence-corrected chi connectivity index (χ3v) is 3.64. The summed E-state index contributed by atoms with van der Waals surface area (Å²) in [4.78, 5) is 12.0. The lowest BCUT2D eigenvalue weighted by molar-refractivity contribution is 0.0992. The van der Waals surface area contributed by atoms with E-state index >= 15 is 0 Å². The number of carbonyl (C=O) groups excluding carboxylic acids is 1. The first-order valence-corrected chi connectivity index (χ1v) is 6.59. The molecule has 0 unspecified atom stereocenters. The monoisotopic (exact) mass is 231 g/mol. The first kappa shape index (κ1) is 12.3. The molecule has 0 atom stereocenters. The molecule has 0 spiro atoms. The minimum Gasteiger partial charge on any atom is -0.313 e. The van der Waals surface area contributed by atoms with Crippen molar-refractivity contribution in [3.05, 3.63) is 35.4 Å². The van der Waals surface area contributed by atoms with Gasteiger partial charge in [0.25, 0.3) is 0 Å². The van der Waals surface area contributed by atoms with Gasteiger partial charge in [0.2, 0.25) is 0 Å². The third kappa shape index (κ3) is 2.95. The van der Waals surface area contributed by atoms with Crippen molar-refractivity contribution in [2.24, 2.45) is 0 Å². The summed E-state index contributed by atoms with van der Waals surface area (Å²) in [6.45, 7) is 0.434. The van der Waals surface area contributed by atoms with Crippen LogP contribution in [0, 0.1) is 0 Å². The number of ketones is 1. The van der Waals surface area contributed by atoms with Crippen LogP contribution in [0.1, 0.15) is 53.9 Å². The Kier molecular flexibility index (Phi) is 4.32. The predicted octanol–water partition coefficient (Wildman–Crippen LogP) is 3.14. The Bertz CT molecular complexity index is 380. The number of nitrogens with one attached hydrogen (secondary N) is 1. The molecule has 1 aliphatic rings. The smallest absolute Gasteiger partial charge is 0.176 e. The Hall–Kier alpha value is -1.15. The number of hydrogen-bond acceptors (Lipinski definition) is 2. The molecule has 0 saturated heterocycles. The van der Waals surface area contributed by atoms with Crippen LogP contribution in [0.2, 0.25) is 0 Å². The highest BCUT2D eigenvalue weighted by atomic mass is 16.1. The van der Waals surface area contributed by atoms with E-state index in [0.29, 0.717) is 12.5 Å². The summed E-state index contributed by atoms with van der Waals surface area (Å²) in [6.07, 6.45) is 6.44. The van der Waals surface area contributed by atoms with Crippen LogP contribution in [0.25, 0.3) is 0 Å². The fraction of sp³-hybridized carbons (Fsp3) is 0.533. The van der Waals surface area contributed by atoms with Gasteiger partial charge in [-0.25, -0.2) is 0 Å². The second-order valence-corrected chi connectivity index (χ2v) is 4.88. The van der Waals surface area contributed by atoms with Gasteiger partial charge in [0.1, 0.15) is 0 Å². The van der Waals surface area contributed by atoms with Crippen molar-refractivity contribution in [1.29, 1.82) is 0 Å². The summed E-state index contributed by atoms with van der Waals surface area (Å²) >= 11 is 0. The molecule has 0 aliphatic heterocycles. The minimum absolute atomic E-state index is 0.216. The number of Topliss-reactive ketones (excluding diaryl/α,β-unsaturated/α-hetero) is 1. The van der Waals surface area contributed by atoms with E-state index in [0.717, 1.165) is 5.56 Å². The molecule has 2 heteroatoms. The molecule has 2 nitrogen and oxygen atoms in total. The summed E-state index contributed by atoms with van der Waals surface area (Å²) in [5.74, 6) is 0.814. The SMILES string of the molecule is CNCC(=O)c1ccccc1C1CCCCC1. The molecule has 0 aromatic heterocycles. The van der Waals surface area contributed by atoms with Gasteiger partial charge in [0.15, 0.2) is 5.78 Å². The molecule has 1 N–H and O–H groups in total. The van der Waals surface area contributed by atoms with Gasteiger partial charge in [-0.05, 0) is 31.4 Å². The van der Waals surface area contributed by atoms with Gasteiger partial charge < -0.3 is 5.32 Å². The lowest BCUT2D eigenvalue weighted by Gasteiger charge is -2.23. The highest BCUT2D eigenvalue weighted by molar-refractivity contribution is 5.99. The number of rotatable bonds is 4. The summed E-state index contributed by atoms with van der Waals surface area (Å²) < 4.78 is 0. The van der Waals surface area contributed by atoms with E-state index in [4.69, 9.17) is 0 Å². The summed E-state index contributed by atoms with van der Waals surface area (Å²) in [5.41, 5.74) is 2.20. The van der Waals surface area contributed by atoms with E-state index < -0.39 is 0 Å². The van der Waals surface area contributed by atoms with Gasteiger partial charge >= 0.3 is 0 Å². The Morgan fingerprint density at radius 2 is 1.94 bits per heavy atom. The highest BCUT2D eigenvalue weighted by Gasteiger charge is 2.20. The van der Waals surface area contributed by atoms with Gasteiger partial charge in [-0.3, -0.25) is 4.79 Å². The van der Waals surface area contributed by atoms with Crippen LogP contribution in [-0.2, 0) is 0 Å². The number of likely N-dealkylation sites (N-methyl/N-ethyl adjacent to an activating group) is 1. The molecule has 1 aromatic carbocycles.